The van der Waals surface area contributed by atoms with Crippen LogP contribution in [0.15, 0.2) is 18.2 Å². The summed E-state index contributed by atoms with van der Waals surface area (Å²) in [5, 5.41) is 1.07. The largest absolute Gasteiger partial charge is 1.00 e. The summed E-state index contributed by atoms with van der Waals surface area (Å²) < 4.78 is 0. The van der Waals surface area contributed by atoms with E-state index >= 15 is 0 Å². The molecule has 0 amide bonds. The normalized spacial score (nSPS) is 8.77. The lowest BCUT2D eigenvalue weighted by atomic mass is 10.3. The van der Waals surface area contributed by atoms with Gasteiger partial charge in [-0.15, -0.1) is 0 Å². The third kappa shape index (κ3) is 4.36. The monoisotopic (exact) mass is 283 g/mol. The summed E-state index contributed by atoms with van der Waals surface area (Å²) in [4.78, 5) is 2.69. The molecule has 0 atom stereocenters. The summed E-state index contributed by atoms with van der Waals surface area (Å²) in [6.07, 6.45) is 0. The number of halogens is 3. The third-order valence-corrected chi connectivity index (χ3v) is 1.59. The summed E-state index contributed by atoms with van der Waals surface area (Å²) in [6, 6.07) is 4.97. The van der Waals surface area contributed by atoms with E-state index < -0.39 is 0 Å². The maximum absolute atomic E-state index is 5.72. The highest BCUT2D eigenvalue weighted by Gasteiger charge is 1.97. The van der Waals surface area contributed by atoms with E-state index in [1.807, 2.05) is 0 Å². The molecule has 0 spiro atoms. The predicted molar refractivity (Wildman–Crippen MR) is 50.5 cm³/mol. The molecule has 1 aromatic rings. The summed E-state index contributed by atoms with van der Waals surface area (Å²) in [5.74, 6) is 0.105. The first kappa shape index (κ1) is 12.6. The fraction of sp³-hybridized carbons (Fsp3) is 0. The van der Waals surface area contributed by atoms with Crippen molar-refractivity contribution < 1.29 is 22.0 Å². The molecule has 0 fully saturated rings. The van der Waals surface area contributed by atoms with Crippen molar-refractivity contribution >= 4 is 34.8 Å². The number of nitrogens with two attached hydrogens (primary N) is 2. The quantitative estimate of drug-likeness (QED) is 0.380. The van der Waals surface area contributed by atoms with Crippen molar-refractivity contribution in [2.45, 2.75) is 0 Å². The van der Waals surface area contributed by atoms with Gasteiger partial charge in [0, 0.05) is 10.0 Å². The van der Waals surface area contributed by atoms with Crippen LogP contribution in [0.3, 0.4) is 0 Å². The first-order valence-electron chi connectivity index (χ1n) is 3.19. The Kier molecular flexibility index (Phi) is 5.13. The van der Waals surface area contributed by atoms with Crippen molar-refractivity contribution in [2.75, 3.05) is 0 Å². The van der Waals surface area contributed by atoms with Gasteiger partial charge in [0.1, 0.15) is 5.69 Å². The molecule has 5 N–H and O–H groups in total. The van der Waals surface area contributed by atoms with Crippen molar-refractivity contribution in [3.8, 4) is 0 Å². The fourth-order valence-electron chi connectivity index (χ4n) is 0.793. The van der Waals surface area contributed by atoms with E-state index in [2.05, 4.69) is 4.99 Å². The molecular weight excluding hydrogens is 277 g/mol. The molecule has 13 heavy (non-hydrogen) atoms. The van der Waals surface area contributed by atoms with Gasteiger partial charge in [-0.25, -0.2) is 4.99 Å². The minimum atomic E-state index is 0. The molecule has 1 aromatic carbocycles. The Hall–Kier alpha value is -0.450. The Balaban J connectivity index is 0.00000144. The van der Waals surface area contributed by atoms with Crippen molar-refractivity contribution in [1.29, 1.82) is 0 Å². The number of hydrogen-bond donors (Lipinski definition) is 3. The Morgan fingerprint density at radius 3 is 1.92 bits per heavy atom. The van der Waals surface area contributed by atoms with Crippen LogP contribution in [0.1, 0.15) is 0 Å². The zero-order chi connectivity index (χ0) is 9.14. The number of benzene rings is 1. The SMILES string of the molecule is NC(N)=[NH+]c1cc(Cl)cc(Cl)c1.[Br-]. The van der Waals surface area contributed by atoms with E-state index in [1.165, 1.54) is 0 Å². The van der Waals surface area contributed by atoms with Crippen LogP contribution in [-0.2, 0) is 0 Å². The van der Waals surface area contributed by atoms with Gasteiger partial charge in [0.15, 0.2) is 0 Å². The molecule has 0 unspecified atom stereocenters. The summed E-state index contributed by atoms with van der Waals surface area (Å²) >= 11 is 11.4. The van der Waals surface area contributed by atoms with Gasteiger partial charge in [-0.3, -0.25) is 11.5 Å². The van der Waals surface area contributed by atoms with Gasteiger partial charge in [-0.1, -0.05) is 23.2 Å². The Labute approximate surface area is 96.5 Å². The van der Waals surface area contributed by atoms with Crippen LogP contribution in [0.2, 0.25) is 10.0 Å². The zero-order valence-electron chi connectivity index (χ0n) is 6.52. The molecule has 0 bridgehead atoms. The Morgan fingerprint density at radius 2 is 1.54 bits per heavy atom. The van der Waals surface area contributed by atoms with E-state index in [4.69, 9.17) is 34.7 Å². The molecular formula is C7H8BrCl2N3. The minimum Gasteiger partial charge on any atom is -1.00 e. The summed E-state index contributed by atoms with van der Waals surface area (Å²) in [6.45, 7) is 0. The van der Waals surface area contributed by atoms with Gasteiger partial charge < -0.3 is 17.0 Å². The van der Waals surface area contributed by atoms with Gasteiger partial charge in [0.2, 0.25) is 0 Å². The molecule has 0 saturated carbocycles. The highest BCUT2D eigenvalue weighted by molar-refractivity contribution is 6.34. The van der Waals surface area contributed by atoms with Gasteiger partial charge in [0.25, 0.3) is 0 Å². The van der Waals surface area contributed by atoms with Crippen LogP contribution >= 0.6 is 23.2 Å². The molecule has 0 aromatic heterocycles. The number of nitrogens with one attached hydrogen (secondary N) is 1. The molecule has 1 rings (SSSR count). The molecule has 0 aliphatic rings. The van der Waals surface area contributed by atoms with Gasteiger partial charge in [-0.05, 0) is 18.2 Å². The highest BCUT2D eigenvalue weighted by Crippen LogP contribution is 2.18. The first-order chi connectivity index (χ1) is 5.58. The van der Waals surface area contributed by atoms with Crippen LogP contribution in [0.4, 0.5) is 5.69 Å². The Bertz CT molecular complexity index is 303. The van der Waals surface area contributed by atoms with Crippen LogP contribution in [0, 0.1) is 0 Å². The van der Waals surface area contributed by atoms with E-state index in [1.54, 1.807) is 18.2 Å². The standard InChI is InChI=1S/C7H7Cl2N3.BrH/c8-4-1-5(9)3-6(2-4)12-7(10)11;/h1-3H,(H4,10,11,12);1H. The molecule has 0 aliphatic heterocycles. The second kappa shape index (κ2) is 5.32. The second-order valence-corrected chi connectivity index (χ2v) is 3.11. The van der Waals surface area contributed by atoms with Crippen molar-refractivity contribution in [1.82, 2.24) is 0 Å². The lowest BCUT2D eigenvalue weighted by Crippen LogP contribution is -3.00. The lowest BCUT2D eigenvalue weighted by molar-refractivity contribution is -0.356. The Morgan fingerprint density at radius 1 is 1.08 bits per heavy atom. The van der Waals surface area contributed by atoms with Gasteiger partial charge >= 0.3 is 5.96 Å². The van der Waals surface area contributed by atoms with Crippen LogP contribution in [0.25, 0.3) is 0 Å². The third-order valence-electron chi connectivity index (χ3n) is 1.15. The average Bonchev–Trinajstić information content (AvgIpc) is 1.81. The van der Waals surface area contributed by atoms with Crippen LogP contribution in [0.5, 0.6) is 0 Å². The summed E-state index contributed by atoms with van der Waals surface area (Å²) in [7, 11) is 0. The molecule has 0 saturated heterocycles. The zero-order valence-corrected chi connectivity index (χ0v) is 9.62. The maximum Gasteiger partial charge on any atom is 0.343 e. The number of rotatable bonds is 1. The summed E-state index contributed by atoms with van der Waals surface area (Å²) in [5.41, 5.74) is 11.1. The van der Waals surface area contributed by atoms with Crippen molar-refractivity contribution in [3.63, 3.8) is 0 Å². The molecule has 3 nitrogen and oxygen atoms in total. The minimum absolute atomic E-state index is 0. The highest BCUT2D eigenvalue weighted by atomic mass is 79.9. The van der Waals surface area contributed by atoms with Crippen molar-refractivity contribution in [3.05, 3.63) is 28.2 Å². The smallest absolute Gasteiger partial charge is 0.343 e. The lowest BCUT2D eigenvalue weighted by Gasteiger charge is -1.95. The van der Waals surface area contributed by atoms with E-state index in [0.717, 1.165) is 0 Å². The predicted octanol–water partition coefficient (Wildman–Crippen LogP) is -3.02. The average molecular weight is 285 g/mol. The molecule has 0 heterocycles. The van der Waals surface area contributed by atoms with Gasteiger partial charge in [0.05, 0.1) is 0 Å². The second-order valence-electron chi connectivity index (χ2n) is 2.24. The van der Waals surface area contributed by atoms with Crippen LogP contribution < -0.4 is 33.4 Å². The first-order valence-corrected chi connectivity index (χ1v) is 3.94. The van der Waals surface area contributed by atoms with Crippen LogP contribution in [-0.4, -0.2) is 5.96 Å². The number of hydrogen-bond acceptors (Lipinski definition) is 0. The fourth-order valence-corrected chi connectivity index (χ4v) is 1.32. The molecule has 72 valence electrons. The molecule has 0 aliphatic carbocycles. The maximum atomic E-state index is 5.72. The topological polar surface area (TPSA) is 66.0 Å². The van der Waals surface area contributed by atoms with Gasteiger partial charge in [-0.2, -0.15) is 0 Å². The van der Waals surface area contributed by atoms with E-state index in [0.29, 0.717) is 15.7 Å². The van der Waals surface area contributed by atoms with E-state index in [-0.39, 0.29) is 22.9 Å². The number of guanidine groups is 1. The van der Waals surface area contributed by atoms with E-state index in [9.17, 15) is 0 Å². The molecule has 6 heteroatoms. The van der Waals surface area contributed by atoms with Crippen molar-refractivity contribution in [2.24, 2.45) is 11.5 Å². The molecule has 0 radical (unpaired) electrons.